The van der Waals surface area contributed by atoms with Crippen LogP contribution in [0.1, 0.15) is 51.9 Å². The average molecular weight is 342 g/mol. The molecule has 0 unspecified atom stereocenters. The molecule has 1 aliphatic rings. The highest BCUT2D eigenvalue weighted by atomic mass is 79.9. The zero-order valence-electron chi connectivity index (χ0n) is 12.2. The lowest BCUT2D eigenvalue weighted by Crippen LogP contribution is -2.24. The van der Waals surface area contributed by atoms with Gasteiger partial charge in [0.25, 0.3) is 5.56 Å². The average Bonchev–Trinajstić information content (AvgIpc) is 2.95. The normalized spacial score (nSPS) is 15.7. The molecule has 0 bridgehead atoms. The maximum atomic E-state index is 12.0. The van der Waals surface area contributed by atoms with Crippen LogP contribution in [0.15, 0.2) is 15.5 Å². The Labute approximate surface area is 129 Å². The largest absolute Gasteiger partial charge is 0.383 e. The van der Waals surface area contributed by atoms with Gasteiger partial charge in [0.05, 0.1) is 11.9 Å². The van der Waals surface area contributed by atoms with E-state index in [4.69, 9.17) is 0 Å². The molecule has 20 heavy (non-hydrogen) atoms. The van der Waals surface area contributed by atoms with Crippen LogP contribution in [-0.2, 0) is 6.54 Å². The molecule has 1 fully saturated rings. The van der Waals surface area contributed by atoms with Crippen LogP contribution in [0.2, 0.25) is 0 Å². The Balaban J connectivity index is 1.83. The summed E-state index contributed by atoms with van der Waals surface area (Å²) in [6, 6.07) is 0. The Kier molecular flexibility index (Phi) is 6.07. The summed E-state index contributed by atoms with van der Waals surface area (Å²) in [7, 11) is 0. The van der Waals surface area contributed by atoms with Gasteiger partial charge in [-0.15, -0.1) is 0 Å². The van der Waals surface area contributed by atoms with Gasteiger partial charge in [0.2, 0.25) is 0 Å². The van der Waals surface area contributed by atoms with Crippen LogP contribution in [-0.4, -0.2) is 16.3 Å². The third-order valence-electron chi connectivity index (χ3n) is 4.00. The van der Waals surface area contributed by atoms with E-state index < -0.39 is 0 Å². The van der Waals surface area contributed by atoms with Crippen LogP contribution in [0, 0.1) is 5.92 Å². The van der Waals surface area contributed by atoms with Gasteiger partial charge >= 0.3 is 0 Å². The van der Waals surface area contributed by atoms with Gasteiger partial charge in [-0.3, -0.25) is 4.79 Å². The molecule has 1 heterocycles. The van der Waals surface area contributed by atoms with Crippen molar-refractivity contribution < 1.29 is 0 Å². The summed E-state index contributed by atoms with van der Waals surface area (Å²) in [5.41, 5.74) is 0.765. The number of rotatable bonds is 7. The van der Waals surface area contributed by atoms with E-state index in [2.05, 4.69) is 26.3 Å². The second-order valence-electron chi connectivity index (χ2n) is 5.62. The van der Waals surface area contributed by atoms with Crippen molar-refractivity contribution in [2.45, 2.75) is 58.4 Å². The zero-order chi connectivity index (χ0) is 14.4. The predicted octanol–water partition coefficient (Wildman–Crippen LogP) is 3.80. The van der Waals surface area contributed by atoms with E-state index in [1.807, 2.05) is 6.92 Å². The molecular weight excluding hydrogens is 318 g/mol. The van der Waals surface area contributed by atoms with Gasteiger partial charge in [-0.2, -0.15) is 5.10 Å². The Bertz CT molecular complexity index is 480. The summed E-state index contributed by atoms with van der Waals surface area (Å²) in [5, 5.41) is 7.52. The fourth-order valence-electron chi connectivity index (χ4n) is 2.87. The quantitative estimate of drug-likeness (QED) is 0.767. The number of aromatic nitrogens is 2. The molecule has 0 aliphatic heterocycles. The molecule has 1 N–H and O–H groups in total. The van der Waals surface area contributed by atoms with E-state index in [1.165, 1.54) is 36.8 Å². The molecule has 1 saturated carbocycles. The molecule has 112 valence electrons. The standard InChI is InChI=1S/C15H24BrN3O/c1-2-10-19-15(20)14(16)13(11-18-19)17-9-5-8-12-6-3-4-7-12/h11-12,17H,2-10H2,1H3. The van der Waals surface area contributed by atoms with E-state index in [1.54, 1.807) is 6.20 Å². The Morgan fingerprint density at radius 2 is 2.20 bits per heavy atom. The smallest absolute Gasteiger partial charge is 0.283 e. The lowest BCUT2D eigenvalue weighted by Gasteiger charge is -2.11. The number of nitrogens with zero attached hydrogens (tertiary/aromatic N) is 2. The minimum absolute atomic E-state index is 0.0485. The van der Waals surface area contributed by atoms with Crippen molar-refractivity contribution in [2.75, 3.05) is 11.9 Å². The molecule has 1 aromatic rings. The van der Waals surface area contributed by atoms with Crippen LogP contribution in [0.5, 0.6) is 0 Å². The number of halogens is 1. The minimum Gasteiger partial charge on any atom is -0.383 e. The zero-order valence-corrected chi connectivity index (χ0v) is 13.8. The van der Waals surface area contributed by atoms with Crippen LogP contribution in [0.3, 0.4) is 0 Å². The van der Waals surface area contributed by atoms with Crippen molar-refractivity contribution >= 4 is 21.6 Å². The molecular formula is C15H24BrN3O. The van der Waals surface area contributed by atoms with Crippen LogP contribution in [0.25, 0.3) is 0 Å². The van der Waals surface area contributed by atoms with Gasteiger partial charge in [0.15, 0.2) is 0 Å². The maximum absolute atomic E-state index is 12.0. The second kappa shape index (κ2) is 7.81. The molecule has 0 spiro atoms. The van der Waals surface area contributed by atoms with Crippen molar-refractivity contribution in [1.29, 1.82) is 0 Å². The highest BCUT2D eigenvalue weighted by molar-refractivity contribution is 9.10. The van der Waals surface area contributed by atoms with Crippen LogP contribution < -0.4 is 10.9 Å². The summed E-state index contributed by atoms with van der Waals surface area (Å²) in [5.74, 6) is 0.927. The van der Waals surface area contributed by atoms with Gasteiger partial charge in [-0.1, -0.05) is 32.6 Å². The molecule has 4 nitrogen and oxygen atoms in total. The van der Waals surface area contributed by atoms with E-state index in [0.29, 0.717) is 11.0 Å². The lowest BCUT2D eigenvalue weighted by atomic mass is 10.0. The lowest BCUT2D eigenvalue weighted by molar-refractivity contribution is 0.491. The molecule has 2 rings (SSSR count). The number of aryl methyl sites for hydroxylation is 1. The third-order valence-corrected chi connectivity index (χ3v) is 4.77. The first-order valence-corrected chi connectivity index (χ1v) is 8.51. The monoisotopic (exact) mass is 341 g/mol. The number of hydrogen-bond donors (Lipinski definition) is 1. The molecule has 0 aromatic carbocycles. The maximum Gasteiger partial charge on any atom is 0.283 e. The number of hydrogen-bond acceptors (Lipinski definition) is 3. The van der Waals surface area contributed by atoms with Gasteiger partial charge < -0.3 is 5.32 Å². The highest BCUT2D eigenvalue weighted by Gasteiger charge is 2.14. The summed E-state index contributed by atoms with van der Waals surface area (Å²) in [4.78, 5) is 12.0. The molecule has 0 atom stereocenters. The molecule has 1 aliphatic carbocycles. The first kappa shape index (κ1) is 15.5. The summed E-state index contributed by atoms with van der Waals surface area (Å²) in [6.45, 7) is 3.62. The van der Waals surface area contributed by atoms with E-state index in [0.717, 1.165) is 31.0 Å². The van der Waals surface area contributed by atoms with Crippen molar-refractivity contribution in [3.05, 3.63) is 21.0 Å². The summed E-state index contributed by atoms with van der Waals surface area (Å²) < 4.78 is 2.11. The third kappa shape index (κ3) is 4.08. The summed E-state index contributed by atoms with van der Waals surface area (Å²) >= 11 is 3.38. The molecule has 0 saturated heterocycles. The first-order chi connectivity index (χ1) is 9.72. The SMILES string of the molecule is CCCn1ncc(NCCCC2CCCC2)c(Br)c1=O. The fraction of sp³-hybridized carbons (Fsp3) is 0.733. The van der Waals surface area contributed by atoms with Crippen molar-refractivity contribution in [2.24, 2.45) is 5.92 Å². The Hall–Kier alpha value is -0.840. The minimum atomic E-state index is -0.0485. The fourth-order valence-corrected chi connectivity index (χ4v) is 3.32. The topological polar surface area (TPSA) is 46.9 Å². The van der Waals surface area contributed by atoms with Gasteiger partial charge in [0.1, 0.15) is 4.47 Å². The second-order valence-corrected chi connectivity index (χ2v) is 6.41. The number of nitrogens with one attached hydrogen (secondary N) is 1. The van der Waals surface area contributed by atoms with Crippen molar-refractivity contribution in [1.82, 2.24) is 9.78 Å². The molecule has 0 radical (unpaired) electrons. The van der Waals surface area contributed by atoms with Crippen LogP contribution >= 0.6 is 15.9 Å². The highest BCUT2D eigenvalue weighted by Crippen LogP contribution is 2.28. The molecule has 1 aromatic heterocycles. The molecule has 0 amide bonds. The van der Waals surface area contributed by atoms with Crippen molar-refractivity contribution in [3.63, 3.8) is 0 Å². The summed E-state index contributed by atoms with van der Waals surface area (Å²) in [6.07, 6.45) is 10.7. The van der Waals surface area contributed by atoms with E-state index >= 15 is 0 Å². The predicted molar refractivity (Wildman–Crippen MR) is 86.2 cm³/mol. The Morgan fingerprint density at radius 3 is 2.90 bits per heavy atom. The van der Waals surface area contributed by atoms with Crippen molar-refractivity contribution in [3.8, 4) is 0 Å². The van der Waals surface area contributed by atoms with Gasteiger partial charge in [-0.05, 0) is 41.1 Å². The Morgan fingerprint density at radius 1 is 1.45 bits per heavy atom. The first-order valence-electron chi connectivity index (χ1n) is 7.72. The van der Waals surface area contributed by atoms with Gasteiger partial charge in [0, 0.05) is 13.1 Å². The van der Waals surface area contributed by atoms with Gasteiger partial charge in [-0.25, -0.2) is 4.68 Å². The van der Waals surface area contributed by atoms with E-state index in [9.17, 15) is 4.79 Å². The van der Waals surface area contributed by atoms with E-state index in [-0.39, 0.29) is 5.56 Å². The number of anilines is 1. The molecule has 5 heteroatoms. The van der Waals surface area contributed by atoms with Crippen LogP contribution in [0.4, 0.5) is 5.69 Å².